The lowest BCUT2D eigenvalue weighted by Crippen LogP contribution is -2.24. The molecule has 94 valence electrons. The van der Waals surface area contributed by atoms with E-state index in [2.05, 4.69) is 22.4 Å². The molecule has 0 aliphatic carbocycles. The zero-order valence-electron chi connectivity index (χ0n) is 10.4. The van der Waals surface area contributed by atoms with Crippen LogP contribution in [0.5, 0.6) is 0 Å². The average Bonchev–Trinajstić information content (AvgIpc) is 2.46. The number of anilines is 1. The van der Waals surface area contributed by atoms with Crippen molar-refractivity contribution in [3.63, 3.8) is 0 Å². The van der Waals surface area contributed by atoms with Crippen molar-refractivity contribution in [1.29, 1.82) is 0 Å². The lowest BCUT2D eigenvalue weighted by Gasteiger charge is -2.22. The number of nitrogens with zero attached hydrogens (tertiary/aromatic N) is 1. The first-order valence-corrected chi connectivity index (χ1v) is 6.59. The van der Waals surface area contributed by atoms with E-state index in [-0.39, 0.29) is 0 Å². The number of pyridine rings is 1. The fourth-order valence-electron chi connectivity index (χ4n) is 2.38. The summed E-state index contributed by atoms with van der Waals surface area (Å²) in [5, 5.41) is 4.60. The molecule has 1 aromatic carbocycles. The van der Waals surface area contributed by atoms with Crippen molar-refractivity contribution >= 4 is 16.7 Å². The van der Waals surface area contributed by atoms with Crippen LogP contribution in [0.4, 0.5) is 5.82 Å². The van der Waals surface area contributed by atoms with Gasteiger partial charge in [-0.1, -0.05) is 18.2 Å². The quantitative estimate of drug-likeness (QED) is 0.898. The fourth-order valence-corrected chi connectivity index (χ4v) is 2.38. The summed E-state index contributed by atoms with van der Waals surface area (Å²) in [6.45, 7) is 2.75. The summed E-state index contributed by atoms with van der Waals surface area (Å²) in [6.07, 6.45) is 2.43. The maximum Gasteiger partial charge on any atom is 0.126 e. The maximum atomic E-state index is 5.48. The van der Waals surface area contributed by atoms with Gasteiger partial charge in [0.15, 0.2) is 0 Å². The van der Waals surface area contributed by atoms with Crippen LogP contribution < -0.4 is 5.32 Å². The van der Waals surface area contributed by atoms with Gasteiger partial charge in [0, 0.05) is 18.5 Å². The third-order valence-electron chi connectivity index (χ3n) is 3.42. The number of fused-ring (bicyclic) bond motifs is 1. The molecule has 1 saturated heterocycles. The van der Waals surface area contributed by atoms with Gasteiger partial charge < -0.3 is 10.1 Å². The minimum atomic E-state index is 0.618. The summed E-state index contributed by atoms with van der Waals surface area (Å²) < 4.78 is 5.48. The highest BCUT2D eigenvalue weighted by atomic mass is 16.5. The Labute approximate surface area is 107 Å². The van der Waals surface area contributed by atoms with Crippen molar-refractivity contribution in [3.05, 3.63) is 36.4 Å². The van der Waals surface area contributed by atoms with Crippen LogP contribution in [0.25, 0.3) is 10.9 Å². The lowest BCUT2D eigenvalue weighted by molar-refractivity contribution is 0.0595. The van der Waals surface area contributed by atoms with Crippen molar-refractivity contribution in [2.75, 3.05) is 25.1 Å². The molecule has 0 radical (unpaired) electrons. The molecular weight excluding hydrogens is 224 g/mol. The van der Waals surface area contributed by atoms with E-state index in [0.717, 1.165) is 31.1 Å². The van der Waals surface area contributed by atoms with Gasteiger partial charge in [-0.15, -0.1) is 0 Å². The van der Waals surface area contributed by atoms with E-state index in [1.54, 1.807) is 0 Å². The second-order valence-corrected chi connectivity index (χ2v) is 4.85. The van der Waals surface area contributed by atoms with E-state index in [1.165, 1.54) is 18.2 Å². The smallest absolute Gasteiger partial charge is 0.126 e. The normalized spacial score (nSPS) is 19.9. The molecule has 1 N–H and O–H groups in total. The number of hydrogen-bond acceptors (Lipinski definition) is 3. The molecule has 1 atom stereocenters. The Kier molecular flexibility index (Phi) is 3.42. The highest BCUT2D eigenvalue weighted by Crippen LogP contribution is 2.17. The van der Waals surface area contributed by atoms with Crippen LogP contribution >= 0.6 is 0 Å². The predicted octanol–water partition coefficient (Wildman–Crippen LogP) is 3.07. The fraction of sp³-hybridized carbons (Fsp3) is 0.400. The van der Waals surface area contributed by atoms with Crippen molar-refractivity contribution in [1.82, 2.24) is 4.98 Å². The van der Waals surface area contributed by atoms with Crippen LogP contribution in [0.3, 0.4) is 0 Å². The maximum absolute atomic E-state index is 5.48. The van der Waals surface area contributed by atoms with E-state index < -0.39 is 0 Å². The standard InChI is InChI=1S/C15H18N2O/c1-2-6-14-13(5-1)7-8-15(17-14)16-10-12-4-3-9-18-11-12/h1-2,5-8,12H,3-4,9-11H2,(H,16,17). The van der Waals surface area contributed by atoms with Gasteiger partial charge >= 0.3 is 0 Å². The Hall–Kier alpha value is -1.61. The Morgan fingerprint density at radius 3 is 3.06 bits per heavy atom. The van der Waals surface area contributed by atoms with Gasteiger partial charge in [-0.2, -0.15) is 0 Å². The SMILES string of the molecule is c1ccc2nc(NCC3CCCOC3)ccc2c1. The van der Waals surface area contributed by atoms with Gasteiger partial charge in [-0.05, 0) is 37.0 Å². The van der Waals surface area contributed by atoms with Gasteiger partial charge in [0.1, 0.15) is 5.82 Å². The first-order valence-electron chi connectivity index (χ1n) is 6.59. The summed E-state index contributed by atoms with van der Waals surface area (Å²) in [7, 11) is 0. The molecule has 0 saturated carbocycles. The molecule has 1 fully saturated rings. The topological polar surface area (TPSA) is 34.2 Å². The van der Waals surface area contributed by atoms with Crippen LogP contribution in [0.2, 0.25) is 0 Å². The molecule has 3 heteroatoms. The minimum absolute atomic E-state index is 0.618. The van der Waals surface area contributed by atoms with Crippen LogP contribution in [0.15, 0.2) is 36.4 Å². The van der Waals surface area contributed by atoms with E-state index in [0.29, 0.717) is 5.92 Å². The van der Waals surface area contributed by atoms with E-state index in [9.17, 15) is 0 Å². The third-order valence-corrected chi connectivity index (χ3v) is 3.42. The van der Waals surface area contributed by atoms with Gasteiger partial charge in [0.05, 0.1) is 12.1 Å². The molecule has 1 aliphatic rings. The van der Waals surface area contributed by atoms with Crippen molar-refractivity contribution in [2.45, 2.75) is 12.8 Å². The Bertz CT molecular complexity index is 521. The highest BCUT2D eigenvalue weighted by Gasteiger charge is 2.13. The highest BCUT2D eigenvalue weighted by molar-refractivity contribution is 5.79. The van der Waals surface area contributed by atoms with E-state index in [4.69, 9.17) is 4.74 Å². The molecule has 1 aromatic heterocycles. The molecule has 0 bridgehead atoms. The molecule has 18 heavy (non-hydrogen) atoms. The van der Waals surface area contributed by atoms with Crippen molar-refractivity contribution < 1.29 is 4.74 Å². The van der Waals surface area contributed by atoms with Gasteiger partial charge in [0.2, 0.25) is 0 Å². The molecule has 3 nitrogen and oxygen atoms in total. The van der Waals surface area contributed by atoms with Crippen molar-refractivity contribution in [2.24, 2.45) is 5.92 Å². The van der Waals surface area contributed by atoms with Crippen LogP contribution in [-0.4, -0.2) is 24.7 Å². The summed E-state index contributed by atoms with van der Waals surface area (Å²) in [5.74, 6) is 1.58. The molecule has 1 unspecified atom stereocenters. The Morgan fingerprint density at radius 2 is 2.17 bits per heavy atom. The number of nitrogens with one attached hydrogen (secondary N) is 1. The molecule has 1 aliphatic heterocycles. The molecular formula is C15H18N2O. The van der Waals surface area contributed by atoms with Gasteiger partial charge in [0.25, 0.3) is 0 Å². The number of rotatable bonds is 3. The minimum Gasteiger partial charge on any atom is -0.381 e. The summed E-state index contributed by atoms with van der Waals surface area (Å²) in [4.78, 5) is 4.61. The molecule has 0 amide bonds. The zero-order chi connectivity index (χ0) is 12.2. The number of aromatic nitrogens is 1. The van der Waals surface area contributed by atoms with Gasteiger partial charge in [-0.3, -0.25) is 0 Å². The largest absolute Gasteiger partial charge is 0.381 e. The lowest BCUT2D eigenvalue weighted by atomic mass is 10.0. The number of ether oxygens (including phenoxy) is 1. The number of benzene rings is 1. The van der Waals surface area contributed by atoms with Crippen LogP contribution in [0, 0.1) is 5.92 Å². The van der Waals surface area contributed by atoms with Crippen molar-refractivity contribution in [3.8, 4) is 0 Å². The molecule has 2 aromatic rings. The first kappa shape index (κ1) is 11.5. The second-order valence-electron chi connectivity index (χ2n) is 4.85. The van der Waals surface area contributed by atoms with Crippen LogP contribution in [0.1, 0.15) is 12.8 Å². The summed E-state index contributed by atoms with van der Waals surface area (Å²) in [5.41, 5.74) is 1.04. The third kappa shape index (κ3) is 2.62. The predicted molar refractivity (Wildman–Crippen MR) is 73.8 cm³/mol. The average molecular weight is 242 g/mol. The molecule has 3 rings (SSSR count). The van der Waals surface area contributed by atoms with Crippen LogP contribution in [-0.2, 0) is 4.74 Å². The summed E-state index contributed by atoms with van der Waals surface area (Å²) >= 11 is 0. The summed E-state index contributed by atoms with van der Waals surface area (Å²) in [6, 6.07) is 12.4. The Morgan fingerprint density at radius 1 is 1.22 bits per heavy atom. The van der Waals surface area contributed by atoms with Gasteiger partial charge in [-0.25, -0.2) is 4.98 Å². The van der Waals surface area contributed by atoms with E-state index >= 15 is 0 Å². The molecule has 0 spiro atoms. The number of hydrogen-bond donors (Lipinski definition) is 1. The van der Waals surface area contributed by atoms with E-state index in [1.807, 2.05) is 24.3 Å². The monoisotopic (exact) mass is 242 g/mol. The first-order chi connectivity index (χ1) is 8.92. The zero-order valence-corrected chi connectivity index (χ0v) is 10.4. The molecule has 2 heterocycles. The Balaban J connectivity index is 1.66. The second kappa shape index (κ2) is 5.36. The number of para-hydroxylation sites is 1.